The number of benzene rings is 2. The normalized spacial score (nSPS) is 12.1. The molecule has 8 nitrogen and oxygen atoms in total. The second-order valence-electron chi connectivity index (χ2n) is 6.98. The maximum absolute atomic E-state index is 12.5. The minimum Gasteiger partial charge on any atom is -0.496 e. The summed E-state index contributed by atoms with van der Waals surface area (Å²) in [5.74, 6) is 1.26. The molecule has 2 aromatic rings. The third-order valence-electron chi connectivity index (χ3n) is 4.61. The number of ether oxygens (including phenoxy) is 2. The van der Waals surface area contributed by atoms with Gasteiger partial charge in [0, 0.05) is 13.1 Å². The van der Waals surface area contributed by atoms with Gasteiger partial charge in [0.05, 0.1) is 24.0 Å². The summed E-state index contributed by atoms with van der Waals surface area (Å²) in [7, 11) is -4.53. The van der Waals surface area contributed by atoms with Crippen LogP contribution in [0.4, 0.5) is 0 Å². The lowest BCUT2D eigenvalue weighted by molar-refractivity contribution is 0.408. The summed E-state index contributed by atoms with van der Waals surface area (Å²) in [6.45, 7) is 6.85. The Hall–Kier alpha value is -2.14. The number of sulfonamides is 2. The first-order valence-corrected chi connectivity index (χ1v) is 12.2. The van der Waals surface area contributed by atoms with Crippen molar-refractivity contribution in [2.45, 2.75) is 37.5 Å². The molecule has 0 heterocycles. The third kappa shape index (κ3) is 5.31. The number of methoxy groups -OCH3 is 2. The predicted octanol–water partition coefficient (Wildman–Crippen LogP) is 2.19. The molecule has 0 aliphatic carbocycles. The molecular weight excluding hydrogens is 428 g/mol. The van der Waals surface area contributed by atoms with Crippen molar-refractivity contribution in [1.82, 2.24) is 9.44 Å². The van der Waals surface area contributed by atoms with Crippen LogP contribution in [0.25, 0.3) is 0 Å². The van der Waals surface area contributed by atoms with Gasteiger partial charge in [-0.3, -0.25) is 0 Å². The van der Waals surface area contributed by atoms with E-state index in [1.165, 1.54) is 38.5 Å². The fraction of sp³-hybridized carbons (Fsp3) is 0.400. The van der Waals surface area contributed by atoms with E-state index in [-0.39, 0.29) is 22.9 Å². The van der Waals surface area contributed by atoms with Crippen LogP contribution in [-0.4, -0.2) is 44.1 Å². The number of hydrogen-bond acceptors (Lipinski definition) is 6. The maximum Gasteiger partial charge on any atom is 0.240 e. The molecule has 0 unspecified atom stereocenters. The molecular formula is C20H28N2O6S2. The smallest absolute Gasteiger partial charge is 0.240 e. The molecule has 0 radical (unpaired) electrons. The summed E-state index contributed by atoms with van der Waals surface area (Å²) in [4.78, 5) is 0.199. The minimum atomic E-state index is -3.79. The van der Waals surface area contributed by atoms with Crippen LogP contribution in [0.2, 0.25) is 0 Å². The van der Waals surface area contributed by atoms with Crippen LogP contribution >= 0.6 is 0 Å². The minimum absolute atomic E-state index is 0.0974. The number of nitrogens with one attached hydrogen (secondary N) is 2. The highest BCUT2D eigenvalue weighted by atomic mass is 32.2. The van der Waals surface area contributed by atoms with E-state index < -0.39 is 20.0 Å². The van der Waals surface area contributed by atoms with Crippen molar-refractivity contribution in [2.75, 3.05) is 27.3 Å². The van der Waals surface area contributed by atoms with E-state index >= 15 is 0 Å². The van der Waals surface area contributed by atoms with Crippen LogP contribution in [0.1, 0.15) is 22.3 Å². The first-order chi connectivity index (χ1) is 13.9. The maximum atomic E-state index is 12.5. The van der Waals surface area contributed by atoms with E-state index in [2.05, 4.69) is 9.44 Å². The van der Waals surface area contributed by atoms with Crippen molar-refractivity contribution in [1.29, 1.82) is 0 Å². The molecule has 0 fully saturated rings. The van der Waals surface area contributed by atoms with Crippen molar-refractivity contribution in [3.63, 3.8) is 0 Å². The molecule has 0 bridgehead atoms. The second kappa shape index (κ2) is 9.34. The van der Waals surface area contributed by atoms with Crippen LogP contribution in [0, 0.1) is 27.7 Å². The third-order valence-corrected chi connectivity index (χ3v) is 7.49. The topological polar surface area (TPSA) is 111 Å². The molecule has 10 heteroatoms. The van der Waals surface area contributed by atoms with E-state index in [1.807, 2.05) is 0 Å². The molecule has 0 saturated heterocycles. The summed E-state index contributed by atoms with van der Waals surface area (Å²) in [6, 6.07) is 6.06. The lowest BCUT2D eigenvalue weighted by atomic mass is 10.1. The van der Waals surface area contributed by atoms with Gasteiger partial charge >= 0.3 is 0 Å². The van der Waals surface area contributed by atoms with Crippen LogP contribution in [0.3, 0.4) is 0 Å². The average Bonchev–Trinajstić information content (AvgIpc) is 2.64. The Balaban J connectivity index is 2.07. The van der Waals surface area contributed by atoms with Gasteiger partial charge in [-0.15, -0.1) is 0 Å². The van der Waals surface area contributed by atoms with Crippen molar-refractivity contribution in [2.24, 2.45) is 0 Å². The first-order valence-electron chi connectivity index (χ1n) is 9.22. The Morgan fingerprint density at radius 2 is 0.900 bits per heavy atom. The fourth-order valence-electron chi connectivity index (χ4n) is 3.31. The molecule has 0 atom stereocenters. The van der Waals surface area contributed by atoms with Gasteiger partial charge in [0.15, 0.2) is 0 Å². The van der Waals surface area contributed by atoms with Gasteiger partial charge in [-0.25, -0.2) is 26.3 Å². The molecule has 0 aliphatic heterocycles. The zero-order valence-electron chi connectivity index (χ0n) is 18.0. The SMILES string of the molecule is COc1c(C)cc(S(=O)(=O)NCCNS(=O)(=O)c2cc(C)c(OC)c(C)c2)cc1C. The lowest BCUT2D eigenvalue weighted by Gasteiger charge is -2.14. The predicted molar refractivity (Wildman–Crippen MR) is 115 cm³/mol. The van der Waals surface area contributed by atoms with Gasteiger partial charge in [0.2, 0.25) is 20.0 Å². The lowest BCUT2D eigenvalue weighted by Crippen LogP contribution is -2.34. The first kappa shape index (κ1) is 24.1. The zero-order valence-corrected chi connectivity index (χ0v) is 19.6. The quantitative estimate of drug-likeness (QED) is 0.560. The van der Waals surface area contributed by atoms with Crippen LogP contribution < -0.4 is 18.9 Å². The van der Waals surface area contributed by atoms with Crippen LogP contribution in [0.5, 0.6) is 11.5 Å². The van der Waals surface area contributed by atoms with E-state index in [4.69, 9.17) is 9.47 Å². The zero-order chi connectivity index (χ0) is 22.7. The molecule has 30 heavy (non-hydrogen) atoms. The standard InChI is InChI=1S/C20H28N2O6S2/c1-13-9-17(10-14(2)19(13)27-5)29(23,24)21-7-8-22-30(25,26)18-11-15(3)20(28-6)16(4)12-18/h9-12,21-22H,7-8H2,1-6H3. The second-order valence-corrected chi connectivity index (χ2v) is 10.5. The molecule has 0 aromatic heterocycles. The Bertz CT molecular complexity index is 1000. The molecule has 0 aliphatic rings. The van der Waals surface area contributed by atoms with Gasteiger partial charge < -0.3 is 9.47 Å². The Labute approximate surface area is 178 Å². The molecule has 2 aromatic carbocycles. The highest BCUT2D eigenvalue weighted by Gasteiger charge is 2.19. The van der Waals surface area contributed by atoms with Crippen molar-refractivity contribution >= 4 is 20.0 Å². The van der Waals surface area contributed by atoms with Crippen molar-refractivity contribution < 1.29 is 26.3 Å². The monoisotopic (exact) mass is 456 g/mol. The summed E-state index contributed by atoms with van der Waals surface area (Å²) in [5, 5.41) is 0. The molecule has 0 spiro atoms. The average molecular weight is 457 g/mol. The van der Waals surface area contributed by atoms with Gasteiger partial charge in [-0.2, -0.15) is 0 Å². The van der Waals surface area contributed by atoms with E-state index in [0.29, 0.717) is 33.8 Å². The van der Waals surface area contributed by atoms with Gasteiger partial charge in [-0.05, 0) is 74.2 Å². The molecule has 0 saturated carbocycles. The number of hydrogen-bond donors (Lipinski definition) is 2. The number of rotatable bonds is 9. The van der Waals surface area contributed by atoms with Crippen LogP contribution in [0.15, 0.2) is 34.1 Å². The Morgan fingerprint density at radius 3 is 1.13 bits per heavy atom. The highest BCUT2D eigenvalue weighted by molar-refractivity contribution is 7.90. The largest absolute Gasteiger partial charge is 0.496 e. The van der Waals surface area contributed by atoms with Gasteiger partial charge in [0.25, 0.3) is 0 Å². The molecule has 2 N–H and O–H groups in total. The van der Waals surface area contributed by atoms with Crippen molar-refractivity contribution in [3.05, 3.63) is 46.5 Å². The molecule has 0 amide bonds. The summed E-state index contributed by atoms with van der Waals surface area (Å²) >= 11 is 0. The van der Waals surface area contributed by atoms with E-state index in [0.717, 1.165) is 0 Å². The van der Waals surface area contributed by atoms with Crippen LogP contribution in [-0.2, 0) is 20.0 Å². The fourth-order valence-corrected chi connectivity index (χ4v) is 5.72. The highest BCUT2D eigenvalue weighted by Crippen LogP contribution is 2.27. The summed E-state index contributed by atoms with van der Waals surface area (Å²) < 4.78 is 65.5. The summed E-state index contributed by atoms with van der Waals surface area (Å²) in [6.07, 6.45) is 0. The van der Waals surface area contributed by atoms with Gasteiger partial charge in [-0.1, -0.05) is 0 Å². The van der Waals surface area contributed by atoms with Crippen molar-refractivity contribution in [3.8, 4) is 11.5 Å². The van der Waals surface area contributed by atoms with E-state index in [9.17, 15) is 16.8 Å². The summed E-state index contributed by atoms with van der Waals surface area (Å²) in [5.41, 5.74) is 2.79. The van der Waals surface area contributed by atoms with Gasteiger partial charge in [0.1, 0.15) is 11.5 Å². The molecule has 166 valence electrons. The molecule has 2 rings (SSSR count). The van der Waals surface area contributed by atoms with E-state index in [1.54, 1.807) is 27.7 Å². The Kier molecular flexibility index (Phi) is 7.51. The Morgan fingerprint density at radius 1 is 0.633 bits per heavy atom. The number of aryl methyl sites for hydroxylation is 4.